The summed E-state index contributed by atoms with van der Waals surface area (Å²) in [5, 5.41) is 6.31. The van der Waals surface area contributed by atoms with E-state index in [1.807, 2.05) is 39.0 Å². The number of anilines is 2. The molecule has 0 radical (unpaired) electrons. The number of halogens is 1. The third kappa shape index (κ3) is 5.80. The lowest BCUT2D eigenvalue weighted by Gasteiger charge is -2.10. The maximum absolute atomic E-state index is 12.0. The first-order chi connectivity index (χ1) is 11.9. The quantitative estimate of drug-likeness (QED) is 0.776. The SMILES string of the molecule is Cc1ccc(C)c(NC(=O)CSCC(=O)Nc2cccc(Cl)c2C)c1. The van der Waals surface area contributed by atoms with Gasteiger partial charge in [0.05, 0.1) is 11.5 Å². The van der Waals surface area contributed by atoms with Crippen LogP contribution in [0.3, 0.4) is 0 Å². The number of carbonyl (C=O) groups is 2. The molecule has 6 heteroatoms. The second-order valence-corrected chi connectivity index (χ2v) is 7.21. The van der Waals surface area contributed by atoms with E-state index in [4.69, 9.17) is 11.6 Å². The van der Waals surface area contributed by atoms with Crippen LogP contribution in [-0.2, 0) is 9.59 Å². The number of carbonyl (C=O) groups excluding carboxylic acids is 2. The zero-order valence-electron chi connectivity index (χ0n) is 14.5. The summed E-state index contributed by atoms with van der Waals surface area (Å²) in [5.74, 6) is 0.141. The van der Waals surface area contributed by atoms with Crippen LogP contribution < -0.4 is 10.6 Å². The lowest BCUT2D eigenvalue weighted by molar-refractivity contribution is -0.114. The van der Waals surface area contributed by atoms with Gasteiger partial charge in [-0.05, 0) is 55.7 Å². The normalized spacial score (nSPS) is 10.4. The smallest absolute Gasteiger partial charge is 0.234 e. The lowest BCUT2D eigenvalue weighted by Crippen LogP contribution is -2.19. The molecule has 132 valence electrons. The van der Waals surface area contributed by atoms with Gasteiger partial charge in [-0.25, -0.2) is 0 Å². The van der Waals surface area contributed by atoms with E-state index in [1.54, 1.807) is 18.2 Å². The van der Waals surface area contributed by atoms with Crippen molar-refractivity contribution in [3.8, 4) is 0 Å². The van der Waals surface area contributed by atoms with Gasteiger partial charge in [0.25, 0.3) is 0 Å². The summed E-state index contributed by atoms with van der Waals surface area (Å²) in [6.45, 7) is 5.78. The van der Waals surface area contributed by atoms with E-state index in [0.717, 1.165) is 22.4 Å². The van der Waals surface area contributed by atoms with Crippen LogP contribution in [0.2, 0.25) is 5.02 Å². The fourth-order valence-electron chi connectivity index (χ4n) is 2.22. The van der Waals surface area contributed by atoms with Gasteiger partial charge >= 0.3 is 0 Å². The topological polar surface area (TPSA) is 58.2 Å². The molecule has 0 fully saturated rings. The predicted octanol–water partition coefficient (Wildman–Crippen LogP) is 4.58. The van der Waals surface area contributed by atoms with E-state index < -0.39 is 0 Å². The molecule has 0 spiro atoms. The molecule has 0 bridgehead atoms. The molecule has 4 nitrogen and oxygen atoms in total. The Kier molecular flexibility index (Phi) is 6.91. The Bertz CT molecular complexity index is 777. The molecular formula is C19H21ClN2O2S. The molecule has 0 saturated heterocycles. The van der Waals surface area contributed by atoms with Gasteiger partial charge in [-0.3, -0.25) is 9.59 Å². The van der Waals surface area contributed by atoms with Crippen LogP contribution >= 0.6 is 23.4 Å². The molecule has 0 saturated carbocycles. The second kappa shape index (κ2) is 8.92. The highest BCUT2D eigenvalue weighted by Crippen LogP contribution is 2.23. The van der Waals surface area contributed by atoms with Gasteiger partial charge in [-0.2, -0.15) is 0 Å². The van der Waals surface area contributed by atoms with Crippen molar-refractivity contribution in [2.24, 2.45) is 0 Å². The lowest BCUT2D eigenvalue weighted by atomic mass is 10.1. The average molecular weight is 377 g/mol. The Hall–Kier alpha value is -1.98. The standard InChI is InChI=1S/C19H21ClN2O2S/c1-12-7-8-13(2)17(9-12)22-19(24)11-25-10-18(23)21-16-6-4-5-15(20)14(16)3/h4-9H,10-11H2,1-3H3,(H,21,23)(H,22,24). The zero-order chi connectivity index (χ0) is 18.4. The number of hydrogen-bond acceptors (Lipinski definition) is 3. The first kappa shape index (κ1) is 19.3. The van der Waals surface area contributed by atoms with E-state index in [0.29, 0.717) is 10.7 Å². The van der Waals surface area contributed by atoms with Gasteiger partial charge in [0.2, 0.25) is 11.8 Å². The first-order valence-electron chi connectivity index (χ1n) is 7.86. The van der Waals surface area contributed by atoms with Crippen molar-refractivity contribution in [1.82, 2.24) is 0 Å². The molecule has 0 aromatic heterocycles. The van der Waals surface area contributed by atoms with E-state index >= 15 is 0 Å². The highest BCUT2D eigenvalue weighted by atomic mass is 35.5. The Balaban J connectivity index is 1.80. The monoisotopic (exact) mass is 376 g/mol. The molecule has 0 aliphatic carbocycles. The van der Waals surface area contributed by atoms with Crippen LogP contribution in [0.4, 0.5) is 11.4 Å². The molecule has 0 unspecified atom stereocenters. The van der Waals surface area contributed by atoms with Gasteiger partial charge in [0, 0.05) is 16.4 Å². The van der Waals surface area contributed by atoms with Gasteiger partial charge in [0.15, 0.2) is 0 Å². The summed E-state index contributed by atoms with van der Waals surface area (Å²) >= 11 is 7.31. The maximum atomic E-state index is 12.0. The van der Waals surface area contributed by atoms with Crippen molar-refractivity contribution in [2.45, 2.75) is 20.8 Å². The molecule has 2 rings (SSSR count). The number of hydrogen-bond donors (Lipinski definition) is 2. The van der Waals surface area contributed by atoms with E-state index in [2.05, 4.69) is 10.6 Å². The average Bonchev–Trinajstić information content (AvgIpc) is 2.55. The third-order valence-corrected chi connectivity index (χ3v) is 5.02. The van der Waals surface area contributed by atoms with Crippen molar-refractivity contribution < 1.29 is 9.59 Å². The summed E-state index contributed by atoms with van der Waals surface area (Å²) < 4.78 is 0. The largest absolute Gasteiger partial charge is 0.325 e. The number of nitrogens with one attached hydrogen (secondary N) is 2. The van der Waals surface area contributed by atoms with Crippen molar-refractivity contribution >= 4 is 46.6 Å². The van der Waals surface area contributed by atoms with Crippen molar-refractivity contribution in [3.63, 3.8) is 0 Å². The van der Waals surface area contributed by atoms with Crippen LogP contribution in [-0.4, -0.2) is 23.3 Å². The highest BCUT2D eigenvalue weighted by Gasteiger charge is 2.09. The minimum atomic E-state index is -0.157. The molecule has 0 heterocycles. The van der Waals surface area contributed by atoms with Gasteiger partial charge in [0.1, 0.15) is 0 Å². The molecule has 25 heavy (non-hydrogen) atoms. The predicted molar refractivity (Wildman–Crippen MR) is 107 cm³/mol. The van der Waals surface area contributed by atoms with Crippen LogP contribution in [0.25, 0.3) is 0 Å². The fourth-order valence-corrected chi connectivity index (χ4v) is 3.01. The molecule has 0 aliphatic rings. The number of thioether (sulfide) groups is 1. The molecular weight excluding hydrogens is 356 g/mol. The Morgan fingerprint density at radius 1 is 0.960 bits per heavy atom. The van der Waals surface area contributed by atoms with Crippen molar-refractivity contribution in [1.29, 1.82) is 0 Å². The minimum Gasteiger partial charge on any atom is -0.325 e. The van der Waals surface area contributed by atoms with Crippen LogP contribution in [0.5, 0.6) is 0 Å². The van der Waals surface area contributed by atoms with E-state index in [-0.39, 0.29) is 23.3 Å². The summed E-state index contributed by atoms with van der Waals surface area (Å²) in [6, 6.07) is 11.3. The zero-order valence-corrected chi connectivity index (χ0v) is 16.1. The van der Waals surface area contributed by atoms with Gasteiger partial charge < -0.3 is 10.6 Å². The van der Waals surface area contributed by atoms with Crippen LogP contribution in [0.1, 0.15) is 16.7 Å². The summed E-state index contributed by atoms with van der Waals surface area (Å²) in [6.07, 6.45) is 0. The Morgan fingerprint density at radius 3 is 2.28 bits per heavy atom. The third-order valence-electron chi connectivity index (χ3n) is 3.68. The molecule has 2 aromatic rings. The maximum Gasteiger partial charge on any atom is 0.234 e. The van der Waals surface area contributed by atoms with Crippen molar-refractivity contribution in [2.75, 3.05) is 22.1 Å². The fraction of sp³-hybridized carbons (Fsp3) is 0.263. The number of benzene rings is 2. The van der Waals surface area contributed by atoms with Gasteiger partial charge in [-0.15, -0.1) is 11.8 Å². The Morgan fingerprint density at radius 2 is 1.60 bits per heavy atom. The molecule has 0 atom stereocenters. The van der Waals surface area contributed by atoms with Crippen LogP contribution in [0, 0.1) is 20.8 Å². The van der Waals surface area contributed by atoms with Crippen LogP contribution in [0.15, 0.2) is 36.4 Å². The Labute approximate surface area is 157 Å². The minimum absolute atomic E-state index is 0.120. The summed E-state index contributed by atoms with van der Waals surface area (Å²) in [7, 11) is 0. The van der Waals surface area contributed by atoms with Crippen molar-refractivity contribution in [3.05, 3.63) is 58.1 Å². The second-order valence-electron chi connectivity index (χ2n) is 5.82. The molecule has 2 N–H and O–H groups in total. The van der Waals surface area contributed by atoms with Gasteiger partial charge in [-0.1, -0.05) is 29.8 Å². The summed E-state index contributed by atoms with van der Waals surface area (Å²) in [5.41, 5.74) is 4.43. The molecule has 0 aliphatic heterocycles. The molecule has 2 aromatic carbocycles. The first-order valence-corrected chi connectivity index (χ1v) is 9.40. The number of amides is 2. The number of rotatable bonds is 6. The van der Waals surface area contributed by atoms with E-state index in [9.17, 15) is 9.59 Å². The summed E-state index contributed by atoms with van der Waals surface area (Å²) in [4.78, 5) is 24.0. The molecule has 2 amide bonds. The highest BCUT2D eigenvalue weighted by molar-refractivity contribution is 8.00. The number of aryl methyl sites for hydroxylation is 2. The van der Waals surface area contributed by atoms with E-state index in [1.165, 1.54) is 11.8 Å².